The number of aliphatic hydroxyl groups excluding tert-OH is 2. The molecule has 186 valence electrons. The Bertz CT molecular complexity index is 1060. The van der Waals surface area contributed by atoms with Gasteiger partial charge in [-0.2, -0.15) is 14.2 Å². The molecule has 0 aliphatic carbocycles. The molecule has 7 nitrogen and oxygen atoms in total. The third kappa shape index (κ3) is 9.95. The van der Waals surface area contributed by atoms with Crippen LogP contribution in [0.4, 0.5) is 20.3 Å². The van der Waals surface area contributed by atoms with Gasteiger partial charge in [0.15, 0.2) is 0 Å². The monoisotopic (exact) mass is 493 g/mol. The van der Waals surface area contributed by atoms with Crippen molar-refractivity contribution in [2.45, 2.75) is 52.2 Å². The summed E-state index contributed by atoms with van der Waals surface area (Å²) >= 11 is 0. The number of nitrogens with zero attached hydrogens (tertiary/aromatic N) is 1. The van der Waals surface area contributed by atoms with Crippen LogP contribution in [0.3, 0.4) is 0 Å². The number of carbonyl (C=O) groups excluding carboxylic acids is 1. The highest BCUT2D eigenvalue weighted by atomic mass is 19.3. The molecule has 6 radical (unpaired) electrons. The van der Waals surface area contributed by atoms with E-state index in [9.17, 15) is 23.8 Å². The minimum Gasteiger partial charge on any atom is -0.433 e. The summed E-state index contributed by atoms with van der Waals surface area (Å²) < 4.78 is 30.2. The van der Waals surface area contributed by atoms with Crippen LogP contribution >= 0.6 is 0 Å². The van der Waals surface area contributed by atoms with Gasteiger partial charge in [0.1, 0.15) is 31.3 Å². The van der Waals surface area contributed by atoms with E-state index in [2.05, 4.69) is 15.0 Å². The number of Topliss-reactive ketones (excluding diaryl/α,β-unsaturated/α-hetero) is 1. The zero-order valence-electron chi connectivity index (χ0n) is 20.5. The summed E-state index contributed by atoms with van der Waals surface area (Å²) in [7, 11) is 15.4. The third-order valence-corrected chi connectivity index (χ3v) is 4.67. The number of benzene rings is 1. The van der Waals surface area contributed by atoms with E-state index < -0.39 is 18.8 Å². The van der Waals surface area contributed by atoms with E-state index in [0.717, 1.165) is 6.42 Å². The molecule has 1 atom stereocenters. The predicted molar refractivity (Wildman–Crippen MR) is 139 cm³/mol. The summed E-state index contributed by atoms with van der Waals surface area (Å²) in [5.41, 5.74) is 1.57. The van der Waals surface area contributed by atoms with Crippen molar-refractivity contribution < 1.29 is 28.5 Å². The van der Waals surface area contributed by atoms with E-state index in [1.165, 1.54) is 30.5 Å². The Hall–Kier alpha value is -2.98. The quantitative estimate of drug-likeness (QED) is 0.216. The first-order valence-corrected chi connectivity index (χ1v) is 11.2. The van der Waals surface area contributed by atoms with Crippen molar-refractivity contribution in [1.29, 1.82) is 5.41 Å². The van der Waals surface area contributed by atoms with Gasteiger partial charge >= 0.3 is 6.11 Å². The van der Waals surface area contributed by atoms with Crippen LogP contribution in [0.15, 0.2) is 47.4 Å². The Morgan fingerprint density at radius 2 is 1.81 bits per heavy atom. The van der Waals surface area contributed by atoms with Crippen molar-refractivity contribution in [3.63, 3.8) is 0 Å². The first-order valence-electron chi connectivity index (χ1n) is 11.2. The standard InChI is InChI=1S/C18H21F2N3O3.C6H7B3O/c1-3-14(21)16-13(15(25)10-24)8-9-22-17(16)23-11-4-6-12(7-5-11)26-18(2,19)20;1-2-3-4(10)5(7)6(8)9/h4-9,15,21,24-25H,3,10H2,1-2H3,(H,22,23);2-3H2,1H3. The lowest BCUT2D eigenvalue weighted by Gasteiger charge is -2.18. The largest absolute Gasteiger partial charge is 0.433 e. The van der Waals surface area contributed by atoms with E-state index in [4.69, 9.17) is 28.9 Å². The average molecular weight is 493 g/mol. The molecule has 0 spiro atoms. The Balaban J connectivity index is 0.000000548. The minimum atomic E-state index is -3.27. The van der Waals surface area contributed by atoms with Gasteiger partial charge in [0.2, 0.25) is 0 Å². The molecule has 0 fully saturated rings. The smallest absolute Gasteiger partial charge is 0.394 e. The molecule has 1 aromatic carbocycles. The van der Waals surface area contributed by atoms with Crippen LogP contribution in [-0.2, 0) is 4.79 Å². The molecule has 36 heavy (non-hydrogen) atoms. The second-order valence-electron chi connectivity index (χ2n) is 7.76. The topological polar surface area (TPSA) is 116 Å². The zero-order chi connectivity index (χ0) is 27.5. The number of pyridine rings is 1. The number of anilines is 2. The van der Waals surface area contributed by atoms with Crippen LogP contribution < -0.4 is 10.1 Å². The summed E-state index contributed by atoms with van der Waals surface area (Å²) in [5.74, 6) is 0.167. The van der Waals surface area contributed by atoms with E-state index in [0.29, 0.717) is 42.4 Å². The summed E-state index contributed by atoms with van der Waals surface area (Å²) in [6, 6.07) is 7.40. The molecular formula is C24H28B3F2N3O4. The number of nitrogens with one attached hydrogen (secondary N) is 2. The van der Waals surface area contributed by atoms with Crippen molar-refractivity contribution in [3.05, 3.63) is 58.5 Å². The van der Waals surface area contributed by atoms with Gasteiger partial charge in [0.05, 0.1) is 22.3 Å². The van der Waals surface area contributed by atoms with Gasteiger partial charge in [-0.1, -0.05) is 19.3 Å². The van der Waals surface area contributed by atoms with E-state index >= 15 is 0 Å². The SMILES string of the molecule is CCC(=N)c1c(C(O)CO)ccnc1Nc1ccc(OC(C)(F)F)cc1.[B]C([B])=C([B])C(=O)CCC. The second-order valence-corrected chi connectivity index (χ2v) is 7.76. The number of ketones is 1. The third-order valence-electron chi connectivity index (χ3n) is 4.67. The molecule has 12 heteroatoms. The van der Waals surface area contributed by atoms with Crippen molar-refractivity contribution in [1.82, 2.24) is 4.98 Å². The molecule has 0 saturated heterocycles. The number of halogens is 2. The summed E-state index contributed by atoms with van der Waals surface area (Å²) in [6.07, 6.45) is -1.38. The average Bonchev–Trinajstić information content (AvgIpc) is 2.83. The molecular weight excluding hydrogens is 465 g/mol. The summed E-state index contributed by atoms with van der Waals surface area (Å²) in [6.45, 7) is 3.86. The number of carbonyl (C=O) groups is 1. The predicted octanol–water partition coefficient (Wildman–Crippen LogP) is 3.65. The van der Waals surface area contributed by atoms with Crippen molar-refractivity contribution in [2.24, 2.45) is 0 Å². The van der Waals surface area contributed by atoms with E-state index in [1.807, 2.05) is 6.92 Å². The number of hydrogen-bond donors (Lipinski definition) is 4. The normalized spacial score (nSPS) is 11.5. The molecule has 0 aliphatic heterocycles. The Morgan fingerprint density at radius 1 is 1.19 bits per heavy atom. The molecule has 0 saturated carbocycles. The van der Waals surface area contributed by atoms with Crippen LogP contribution in [0.1, 0.15) is 57.3 Å². The molecule has 1 unspecified atom stereocenters. The maximum atomic E-state index is 12.9. The first kappa shape index (κ1) is 31.1. The Kier molecular flexibility index (Phi) is 12.6. The zero-order valence-corrected chi connectivity index (χ0v) is 20.5. The summed E-state index contributed by atoms with van der Waals surface area (Å²) in [5, 5.41) is 30.3. The van der Waals surface area contributed by atoms with Crippen molar-refractivity contribution >= 4 is 46.5 Å². The number of alkyl halides is 2. The van der Waals surface area contributed by atoms with Gasteiger partial charge in [0.25, 0.3) is 0 Å². The highest BCUT2D eigenvalue weighted by Gasteiger charge is 2.23. The van der Waals surface area contributed by atoms with Gasteiger partial charge < -0.3 is 25.7 Å². The molecule has 1 heterocycles. The van der Waals surface area contributed by atoms with Gasteiger partial charge in [0, 0.05) is 36.5 Å². The highest BCUT2D eigenvalue weighted by molar-refractivity contribution is 6.55. The molecule has 1 aromatic heterocycles. The number of aromatic nitrogens is 1. The lowest BCUT2D eigenvalue weighted by atomic mass is 9.68. The molecule has 2 rings (SSSR count). The molecule has 0 amide bonds. The maximum absolute atomic E-state index is 12.9. The van der Waals surface area contributed by atoms with E-state index in [1.54, 1.807) is 13.0 Å². The van der Waals surface area contributed by atoms with Crippen molar-refractivity contribution in [2.75, 3.05) is 11.9 Å². The van der Waals surface area contributed by atoms with Crippen LogP contribution in [0.2, 0.25) is 0 Å². The first-order chi connectivity index (χ1) is 16.8. The molecule has 0 bridgehead atoms. The Labute approximate surface area is 214 Å². The van der Waals surface area contributed by atoms with Gasteiger partial charge in [-0.05, 0) is 48.7 Å². The van der Waals surface area contributed by atoms with Crippen molar-refractivity contribution in [3.8, 4) is 5.75 Å². The van der Waals surface area contributed by atoms with Gasteiger partial charge in [-0.25, -0.2) is 4.98 Å². The van der Waals surface area contributed by atoms with Crippen LogP contribution in [0, 0.1) is 5.41 Å². The number of rotatable bonds is 11. The number of hydrogen-bond acceptors (Lipinski definition) is 7. The fraction of sp³-hybridized carbons (Fsp3) is 0.375. The molecule has 2 aromatic rings. The number of ether oxygens (including phenoxy) is 1. The maximum Gasteiger partial charge on any atom is 0.394 e. The van der Waals surface area contributed by atoms with Crippen LogP contribution in [0.25, 0.3) is 0 Å². The van der Waals surface area contributed by atoms with Crippen LogP contribution in [-0.4, -0.2) is 62.9 Å². The molecule has 4 N–H and O–H groups in total. The number of allylic oxidation sites excluding steroid dienone is 1. The van der Waals surface area contributed by atoms with Crippen LogP contribution in [0.5, 0.6) is 5.75 Å². The fourth-order valence-electron chi connectivity index (χ4n) is 2.91. The lowest BCUT2D eigenvalue weighted by molar-refractivity contribution is -0.158. The number of aliphatic hydroxyl groups is 2. The van der Waals surface area contributed by atoms with Gasteiger partial charge in [-0.15, -0.1) is 0 Å². The van der Waals surface area contributed by atoms with Gasteiger partial charge in [-0.3, -0.25) is 4.79 Å². The highest BCUT2D eigenvalue weighted by Crippen LogP contribution is 2.28. The lowest BCUT2D eigenvalue weighted by Crippen LogP contribution is -2.19. The second kappa shape index (κ2) is 14.6. The summed E-state index contributed by atoms with van der Waals surface area (Å²) in [4.78, 5) is 15.0. The minimum absolute atomic E-state index is 0.0122. The molecule has 0 aliphatic rings. The Morgan fingerprint density at radius 3 is 2.28 bits per heavy atom. The van der Waals surface area contributed by atoms with E-state index in [-0.39, 0.29) is 28.1 Å². The fourth-order valence-corrected chi connectivity index (χ4v) is 2.91.